The summed E-state index contributed by atoms with van der Waals surface area (Å²) in [5.41, 5.74) is 8.36. The lowest BCUT2D eigenvalue weighted by Gasteiger charge is -2.10. The van der Waals surface area contributed by atoms with Gasteiger partial charge in [0.05, 0.1) is 0 Å². The average molecular weight is 377 g/mol. The Kier molecular flexibility index (Phi) is 5.76. The highest BCUT2D eigenvalue weighted by Crippen LogP contribution is 2.26. The summed E-state index contributed by atoms with van der Waals surface area (Å²) in [6.45, 7) is 3.60. The molecule has 0 aliphatic heterocycles. The zero-order valence-corrected chi connectivity index (χ0v) is 14.5. The van der Waals surface area contributed by atoms with E-state index in [0.29, 0.717) is 11.3 Å². The summed E-state index contributed by atoms with van der Waals surface area (Å²) in [5, 5.41) is 3.62. The van der Waals surface area contributed by atoms with Crippen molar-refractivity contribution in [3.63, 3.8) is 0 Å². The van der Waals surface area contributed by atoms with Crippen LogP contribution in [-0.4, -0.2) is 18.4 Å². The monoisotopic (exact) mass is 376 g/mol. The molecule has 0 unspecified atom stereocenters. The normalized spacial score (nSPS) is 11.2. The number of ether oxygens (including phenoxy) is 1. The second-order valence-corrected chi connectivity index (χ2v) is 5.82. The van der Waals surface area contributed by atoms with Gasteiger partial charge >= 0.3 is 5.97 Å². The Bertz CT molecular complexity index is 730. The van der Waals surface area contributed by atoms with Crippen LogP contribution in [0.15, 0.2) is 52.1 Å². The van der Waals surface area contributed by atoms with Gasteiger partial charge in [0.2, 0.25) is 0 Å². The van der Waals surface area contributed by atoms with Gasteiger partial charge in [0, 0.05) is 10.0 Å². The molecule has 23 heavy (non-hydrogen) atoms. The van der Waals surface area contributed by atoms with E-state index in [1.165, 1.54) is 0 Å². The summed E-state index contributed by atoms with van der Waals surface area (Å²) in [5.74, 6) is 0.140. The Morgan fingerprint density at radius 1 is 1.17 bits per heavy atom. The fourth-order valence-electron chi connectivity index (χ4n) is 1.83. The quantitative estimate of drug-likeness (QED) is 0.376. The lowest BCUT2D eigenvalue weighted by Crippen LogP contribution is -2.18. The minimum Gasteiger partial charge on any atom is -0.482 e. The largest absolute Gasteiger partial charge is 0.482 e. The first-order chi connectivity index (χ1) is 11.0. The standard InChI is InChI=1S/C17H17BrN2O3/c1-11-9-15(12(2)8-14(11)18)22-10-16(21)23-20-17(19)13-6-4-3-5-7-13/h3-9H,10H2,1-2H3,(H2,19,20). The van der Waals surface area contributed by atoms with Crippen LogP contribution in [0.2, 0.25) is 0 Å². The van der Waals surface area contributed by atoms with Gasteiger partial charge < -0.3 is 15.3 Å². The number of carbonyl (C=O) groups excluding carboxylic acids is 1. The van der Waals surface area contributed by atoms with Crippen LogP contribution >= 0.6 is 15.9 Å². The van der Waals surface area contributed by atoms with Gasteiger partial charge in [0.1, 0.15) is 5.75 Å². The first-order valence-electron chi connectivity index (χ1n) is 6.95. The van der Waals surface area contributed by atoms with Gasteiger partial charge in [-0.2, -0.15) is 0 Å². The third-order valence-corrected chi connectivity index (χ3v) is 3.97. The molecule has 120 valence electrons. The van der Waals surface area contributed by atoms with Crippen LogP contribution in [0.3, 0.4) is 0 Å². The molecule has 0 atom stereocenters. The zero-order valence-electron chi connectivity index (χ0n) is 12.9. The minimum atomic E-state index is -0.621. The fourth-order valence-corrected chi connectivity index (χ4v) is 2.29. The SMILES string of the molecule is Cc1cc(OCC(=O)ON=C(N)c2ccccc2)c(C)cc1Br. The molecule has 0 bridgehead atoms. The number of halogens is 1. The molecule has 0 saturated carbocycles. The van der Waals surface area contributed by atoms with Gasteiger partial charge in [-0.25, -0.2) is 4.79 Å². The number of hydrogen-bond donors (Lipinski definition) is 1. The van der Waals surface area contributed by atoms with Crippen molar-refractivity contribution in [3.05, 3.63) is 63.6 Å². The Hall–Kier alpha value is -2.34. The molecule has 0 radical (unpaired) electrons. The Labute approximate surface area is 143 Å². The number of nitrogens with two attached hydrogens (primary N) is 1. The second kappa shape index (κ2) is 7.78. The van der Waals surface area contributed by atoms with Crippen molar-refractivity contribution < 1.29 is 14.4 Å². The number of benzene rings is 2. The van der Waals surface area contributed by atoms with E-state index in [4.69, 9.17) is 15.3 Å². The number of rotatable bonds is 5. The van der Waals surface area contributed by atoms with Crippen LogP contribution in [0.5, 0.6) is 5.75 Å². The van der Waals surface area contributed by atoms with Gasteiger partial charge in [-0.05, 0) is 37.1 Å². The average Bonchev–Trinajstić information content (AvgIpc) is 2.55. The number of amidine groups is 1. The summed E-state index contributed by atoms with van der Waals surface area (Å²) in [7, 11) is 0. The third-order valence-electron chi connectivity index (χ3n) is 3.12. The van der Waals surface area contributed by atoms with E-state index >= 15 is 0 Å². The molecule has 0 saturated heterocycles. The number of oxime groups is 1. The van der Waals surface area contributed by atoms with Crippen molar-refractivity contribution in [1.29, 1.82) is 0 Å². The van der Waals surface area contributed by atoms with Crippen LogP contribution in [0, 0.1) is 13.8 Å². The predicted molar refractivity (Wildman–Crippen MR) is 92.4 cm³/mol. The molecule has 2 rings (SSSR count). The minimum absolute atomic E-state index is 0.134. The van der Waals surface area contributed by atoms with E-state index in [1.54, 1.807) is 12.1 Å². The molecule has 0 aromatic heterocycles. The molecule has 2 N–H and O–H groups in total. The van der Waals surface area contributed by atoms with Crippen LogP contribution in [0.25, 0.3) is 0 Å². The van der Waals surface area contributed by atoms with E-state index in [1.807, 2.05) is 44.2 Å². The maximum absolute atomic E-state index is 11.7. The number of carbonyl (C=O) groups is 1. The summed E-state index contributed by atoms with van der Waals surface area (Å²) < 4.78 is 6.46. The van der Waals surface area contributed by atoms with E-state index in [2.05, 4.69) is 21.1 Å². The van der Waals surface area contributed by atoms with Gasteiger partial charge in [0.15, 0.2) is 12.4 Å². The number of aryl methyl sites for hydroxylation is 2. The van der Waals surface area contributed by atoms with Gasteiger partial charge in [-0.15, -0.1) is 0 Å². The van der Waals surface area contributed by atoms with Crippen molar-refractivity contribution in [2.75, 3.05) is 6.61 Å². The fraction of sp³-hybridized carbons (Fsp3) is 0.176. The summed E-state index contributed by atoms with van der Waals surface area (Å²) in [4.78, 5) is 16.5. The summed E-state index contributed by atoms with van der Waals surface area (Å²) in [6, 6.07) is 12.8. The van der Waals surface area contributed by atoms with E-state index in [9.17, 15) is 4.79 Å². The van der Waals surface area contributed by atoms with Crippen LogP contribution in [-0.2, 0) is 9.63 Å². The van der Waals surface area contributed by atoms with Crippen LogP contribution in [0.1, 0.15) is 16.7 Å². The second-order valence-electron chi connectivity index (χ2n) is 4.96. The molecule has 2 aromatic carbocycles. The van der Waals surface area contributed by atoms with Crippen molar-refractivity contribution in [1.82, 2.24) is 0 Å². The molecule has 0 fully saturated rings. The van der Waals surface area contributed by atoms with Crippen molar-refractivity contribution in [2.24, 2.45) is 10.9 Å². The molecule has 0 amide bonds. The molecule has 5 nitrogen and oxygen atoms in total. The molecular formula is C17H17BrN2O3. The van der Waals surface area contributed by atoms with Gasteiger partial charge in [0.25, 0.3) is 0 Å². The van der Waals surface area contributed by atoms with Crippen LogP contribution < -0.4 is 10.5 Å². The maximum Gasteiger partial charge on any atom is 0.372 e. The molecule has 0 heterocycles. The van der Waals surface area contributed by atoms with Crippen molar-refractivity contribution in [3.8, 4) is 5.75 Å². The lowest BCUT2D eigenvalue weighted by molar-refractivity contribution is -0.146. The highest BCUT2D eigenvalue weighted by Gasteiger charge is 2.09. The van der Waals surface area contributed by atoms with Crippen LogP contribution in [0.4, 0.5) is 0 Å². The molecule has 0 spiro atoms. The van der Waals surface area contributed by atoms with E-state index in [-0.39, 0.29) is 12.4 Å². The van der Waals surface area contributed by atoms with Crippen molar-refractivity contribution >= 4 is 27.7 Å². The van der Waals surface area contributed by atoms with Gasteiger partial charge in [-0.3, -0.25) is 0 Å². The number of nitrogens with zero attached hydrogens (tertiary/aromatic N) is 1. The highest BCUT2D eigenvalue weighted by atomic mass is 79.9. The van der Waals surface area contributed by atoms with Gasteiger partial charge in [-0.1, -0.05) is 51.4 Å². The topological polar surface area (TPSA) is 73.9 Å². The molecule has 2 aromatic rings. The van der Waals surface area contributed by atoms with E-state index in [0.717, 1.165) is 15.6 Å². The summed E-state index contributed by atoms with van der Waals surface area (Å²) >= 11 is 3.44. The first-order valence-corrected chi connectivity index (χ1v) is 7.75. The third kappa shape index (κ3) is 4.82. The number of hydrogen-bond acceptors (Lipinski definition) is 4. The zero-order chi connectivity index (χ0) is 16.8. The maximum atomic E-state index is 11.7. The van der Waals surface area contributed by atoms with E-state index < -0.39 is 5.97 Å². The molecule has 6 heteroatoms. The predicted octanol–water partition coefficient (Wildman–Crippen LogP) is 3.31. The molecule has 0 aliphatic rings. The smallest absolute Gasteiger partial charge is 0.372 e. The Morgan fingerprint density at radius 2 is 1.87 bits per heavy atom. The Balaban J connectivity index is 1.92. The Morgan fingerprint density at radius 3 is 2.57 bits per heavy atom. The highest BCUT2D eigenvalue weighted by molar-refractivity contribution is 9.10. The first kappa shape index (κ1) is 17.0. The summed E-state index contributed by atoms with van der Waals surface area (Å²) in [6.07, 6.45) is 0. The van der Waals surface area contributed by atoms with Crippen molar-refractivity contribution in [2.45, 2.75) is 13.8 Å². The molecule has 0 aliphatic carbocycles. The molecular weight excluding hydrogens is 360 g/mol. The lowest BCUT2D eigenvalue weighted by atomic mass is 10.1.